The number of nitrogens with zero attached hydrogens (tertiary/aromatic N) is 1. The van der Waals surface area contributed by atoms with Gasteiger partial charge < -0.3 is 4.42 Å². The van der Waals surface area contributed by atoms with E-state index in [0.29, 0.717) is 11.3 Å². The quantitative estimate of drug-likeness (QED) is 0.642. The topological polar surface area (TPSA) is 43.1 Å². The molecule has 0 fully saturated rings. The highest BCUT2D eigenvalue weighted by atomic mass is 16.3. The van der Waals surface area contributed by atoms with Gasteiger partial charge in [0.15, 0.2) is 5.76 Å². The molecule has 0 aliphatic heterocycles. The molecule has 1 aromatic carbocycles. The van der Waals surface area contributed by atoms with Crippen molar-refractivity contribution in [2.24, 2.45) is 0 Å². The van der Waals surface area contributed by atoms with Gasteiger partial charge in [0.05, 0.1) is 5.52 Å². The number of aryl methyl sites for hydroxylation is 1. The van der Waals surface area contributed by atoms with E-state index in [0.717, 1.165) is 16.7 Å². The lowest BCUT2D eigenvalue weighted by molar-refractivity contribution is 0.101. The molecule has 2 aromatic heterocycles. The van der Waals surface area contributed by atoms with Crippen molar-refractivity contribution in [3.05, 3.63) is 65.7 Å². The van der Waals surface area contributed by atoms with Gasteiger partial charge in [0, 0.05) is 17.1 Å². The highest BCUT2D eigenvalue weighted by Gasteiger charge is 2.15. The molecule has 0 aliphatic rings. The van der Waals surface area contributed by atoms with Crippen molar-refractivity contribution >= 4 is 16.7 Å². The van der Waals surface area contributed by atoms with Crippen molar-refractivity contribution in [1.82, 2.24) is 4.98 Å². The number of furan rings is 1. The van der Waals surface area contributed by atoms with Crippen LogP contribution in [0.25, 0.3) is 10.9 Å². The van der Waals surface area contributed by atoms with Gasteiger partial charge in [-0.2, -0.15) is 0 Å². The summed E-state index contributed by atoms with van der Waals surface area (Å²) in [5.74, 6) is 0.988. The first-order chi connectivity index (χ1) is 8.75. The number of benzene rings is 1. The number of ketones is 1. The number of pyridine rings is 1. The van der Waals surface area contributed by atoms with E-state index >= 15 is 0 Å². The van der Waals surface area contributed by atoms with Gasteiger partial charge in [-0.1, -0.05) is 18.2 Å². The predicted molar refractivity (Wildman–Crippen MR) is 68.6 cm³/mol. The number of aromatic nitrogens is 1. The van der Waals surface area contributed by atoms with Crippen LogP contribution < -0.4 is 0 Å². The zero-order valence-corrected chi connectivity index (χ0v) is 9.88. The van der Waals surface area contributed by atoms with E-state index in [1.54, 1.807) is 24.4 Å². The molecule has 0 bridgehead atoms. The third-order valence-electron chi connectivity index (χ3n) is 2.85. The molecule has 2 heterocycles. The van der Waals surface area contributed by atoms with Crippen LogP contribution in [0.4, 0.5) is 0 Å². The van der Waals surface area contributed by atoms with Crippen LogP contribution in [0.5, 0.6) is 0 Å². The Labute approximate surface area is 104 Å². The van der Waals surface area contributed by atoms with Gasteiger partial charge in [0.25, 0.3) is 0 Å². The SMILES string of the molecule is Cc1ccc(C(=O)c2cccc3ncccc23)o1. The summed E-state index contributed by atoms with van der Waals surface area (Å²) in [5.41, 5.74) is 1.43. The molecule has 18 heavy (non-hydrogen) atoms. The van der Waals surface area contributed by atoms with E-state index in [4.69, 9.17) is 4.42 Å². The average Bonchev–Trinajstić information content (AvgIpc) is 2.84. The Morgan fingerprint density at radius 3 is 2.78 bits per heavy atom. The minimum atomic E-state index is -0.110. The van der Waals surface area contributed by atoms with Crippen molar-refractivity contribution in [1.29, 1.82) is 0 Å². The first kappa shape index (κ1) is 10.7. The Balaban J connectivity index is 2.17. The molecule has 3 nitrogen and oxygen atoms in total. The maximum Gasteiger partial charge on any atom is 0.228 e. The van der Waals surface area contributed by atoms with Crippen molar-refractivity contribution in [3.8, 4) is 0 Å². The molecule has 0 amide bonds. The Morgan fingerprint density at radius 1 is 1.11 bits per heavy atom. The van der Waals surface area contributed by atoms with Crippen molar-refractivity contribution in [2.75, 3.05) is 0 Å². The van der Waals surface area contributed by atoms with Gasteiger partial charge >= 0.3 is 0 Å². The Hall–Kier alpha value is -2.42. The zero-order chi connectivity index (χ0) is 12.5. The fourth-order valence-corrected chi connectivity index (χ4v) is 1.99. The second-order valence-corrected chi connectivity index (χ2v) is 4.12. The molecule has 88 valence electrons. The first-order valence-corrected chi connectivity index (χ1v) is 5.70. The molecular formula is C15H11NO2. The van der Waals surface area contributed by atoms with Crippen LogP contribution >= 0.6 is 0 Å². The lowest BCUT2D eigenvalue weighted by Gasteiger charge is -2.02. The molecule has 0 spiro atoms. The number of carbonyl (C=O) groups is 1. The molecule has 0 atom stereocenters. The molecule has 0 N–H and O–H groups in total. The van der Waals surface area contributed by atoms with Crippen LogP contribution in [0.1, 0.15) is 21.9 Å². The Bertz CT molecular complexity index is 723. The van der Waals surface area contributed by atoms with Gasteiger partial charge in [0.2, 0.25) is 5.78 Å². The van der Waals surface area contributed by atoms with Gasteiger partial charge in [-0.05, 0) is 31.2 Å². The molecule has 0 aliphatic carbocycles. The standard InChI is InChI=1S/C15H11NO2/c1-10-7-8-14(18-10)15(17)12-4-2-6-13-11(12)5-3-9-16-13/h2-9H,1H3. The van der Waals surface area contributed by atoms with Gasteiger partial charge in [0.1, 0.15) is 5.76 Å². The molecule has 3 aromatic rings. The molecule has 0 unspecified atom stereocenters. The summed E-state index contributed by atoms with van der Waals surface area (Å²) < 4.78 is 5.38. The number of fused-ring (bicyclic) bond motifs is 1. The van der Waals surface area contributed by atoms with E-state index in [1.165, 1.54) is 0 Å². The zero-order valence-electron chi connectivity index (χ0n) is 9.88. The average molecular weight is 237 g/mol. The maximum atomic E-state index is 12.4. The van der Waals surface area contributed by atoms with E-state index in [-0.39, 0.29) is 5.78 Å². The van der Waals surface area contributed by atoms with Crippen LogP contribution in [0.3, 0.4) is 0 Å². The van der Waals surface area contributed by atoms with E-state index in [2.05, 4.69) is 4.98 Å². The summed E-state index contributed by atoms with van der Waals surface area (Å²) in [6, 6.07) is 12.7. The van der Waals surface area contributed by atoms with Gasteiger partial charge in [-0.3, -0.25) is 9.78 Å². The predicted octanol–water partition coefficient (Wildman–Crippen LogP) is 3.37. The number of hydrogen-bond acceptors (Lipinski definition) is 3. The van der Waals surface area contributed by atoms with Crippen molar-refractivity contribution < 1.29 is 9.21 Å². The summed E-state index contributed by atoms with van der Waals surface area (Å²) in [4.78, 5) is 16.6. The highest BCUT2D eigenvalue weighted by Crippen LogP contribution is 2.20. The number of rotatable bonds is 2. The molecule has 0 saturated heterocycles. The fourth-order valence-electron chi connectivity index (χ4n) is 1.99. The highest BCUT2D eigenvalue weighted by molar-refractivity contribution is 6.14. The molecule has 3 heteroatoms. The maximum absolute atomic E-state index is 12.4. The normalized spacial score (nSPS) is 10.7. The van der Waals surface area contributed by atoms with Crippen molar-refractivity contribution in [2.45, 2.75) is 6.92 Å². The summed E-state index contributed by atoms with van der Waals surface area (Å²) in [7, 11) is 0. The summed E-state index contributed by atoms with van der Waals surface area (Å²) in [6.07, 6.45) is 1.72. The third kappa shape index (κ3) is 1.70. The monoisotopic (exact) mass is 237 g/mol. The van der Waals surface area contributed by atoms with Crippen LogP contribution in [-0.4, -0.2) is 10.8 Å². The van der Waals surface area contributed by atoms with Crippen LogP contribution in [0.15, 0.2) is 53.1 Å². The van der Waals surface area contributed by atoms with E-state index in [9.17, 15) is 4.79 Å². The largest absolute Gasteiger partial charge is 0.458 e. The third-order valence-corrected chi connectivity index (χ3v) is 2.85. The Kier molecular flexibility index (Phi) is 2.45. The molecular weight excluding hydrogens is 226 g/mol. The second kappa shape index (κ2) is 4.11. The molecule has 0 saturated carbocycles. The summed E-state index contributed by atoms with van der Waals surface area (Å²) >= 11 is 0. The van der Waals surface area contributed by atoms with Gasteiger partial charge in [-0.25, -0.2) is 0 Å². The lowest BCUT2D eigenvalue weighted by Crippen LogP contribution is -2.00. The van der Waals surface area contributed by atoms with Gasteiger partial charge in [-0.15, -0.1) is 0 Å². The van der Waals surface area contributed by atoms with Crippen molar-refractivity contribution in [3.63, 3.8) is 0 Å². The van der Waals surface area contributed by atoms with Crippen LogP contribution in [-0.2, 0) is 0 Å². The van der Waals surface area contributed by atoms with E-state index in [1.807, 2.05) is 31.2 Å². The second-order valence-electron chi connectivity index (χ2n) is 4.12. The lowest BCUT2D eigenvalue weighted by atomic mass is 10.0. The Morgan fingerprint density at radius 2 is 2.00 bits per heavy atom. The van der Waals surface area contributed by atoms with E-state index < -0.39 is 0 Å². The van der Waals surface area contributed by atoms with Crippen LogP contribution in [0.2, 0.25) is 0 Å². The number of carbonyl (C=O) groups excluding carboxylic acids is 1. The minimum Gasteiger partial charge on any atom is -0.458 e. The molecule has 3 rings (SSSR count). The van der Waals surface area contributed by atoms with Crippen LogP contribution in [0, 0.1) is 6.92 Å². The smallest absolute Gasteiger partial charge is 0.228 e. The summed E-state index contributed by atoms with van der Waals surface area (Å²) in [6.45, 7) is 1.82. The number of hydrogen-bond donors (Lipinski definition) is 0. The molecule has 0 radical (unpaired) electrons. The minimum absolute atomic E-state index is 0.110. The fraction of sp³-hybridized carbons (Fsp3) is 0.0667. The first-order valence-electron chi connectivity index (χ1n) is 5.70. The summed E-state index contributed by atoms with van der Waals surface area (Å²) in [5, 5.41) is 0.846.